The highest BCUT2D eigenvalue weighted by Crippen LogP contribution is 2.28. The van der Waals surface area contributed by atoms with Crippen molar-refractivity contribution in [2.24, 2.45) is 0 Å². The Labute approximate surface area is 108 Å². The van der Waals surface area contributed by atoms with E-state index < -0.39 is 18.1 Å². The minimum absolute atomic E-state index is 0.0634. The fraction of sp³-hybridized carbons (Fsp3) is 0.455. The summed E-state index contributed by atoms with van der Waals surface area (Å²) in [5, 5.41) is 0. The van der Waals surface area contributed by atoms with E-state index in [1.807, 2.05) is 0 Å². The van der Waals surface area contributed by atoms with Crippen LogP contribution in [0.3, 0.4) is 0 Å². The Balaban J connectivity index is 3.05. The van der Waals surface area contributed by atoms with E-state index in [1.165, 1.54) is 0 Å². The highest BCUT2D eigenvalue weighted by atomic mass is 35.5. The van der Waals surface area contributed by atoms with Gasteiger partial charge in [0.1, 0.15) is 5.69 Å². The molecule has 2 N–H and O–H groups in total. The van der Waals surface area contributed by atoms with E-state index in [0.717, 1.165) is 6.20 Å². The SMILES string of the molecule is CCOC(=O)Cc1cnc(C(F)F)c(CCl)c1N. The van der Waals surface area contributed by atoms with Crippen molar-refractivity contribution in [3.8, 4) is 0 Å². The summed E-state index contributed by atoms with van der Waals surface area (Å²) in [4.78, 5) is 14.9. The molecule has 0 atom stereocenters. The zero-order valence-corrected chi connectivity index (χ0v) is 10.5. The van der Waals surface area contributed by atoms with Gasteiger partial charge in [-0.3, -0.25) is 9.78 Å². The molecule has 0 saturated heterocycles. The normalized spacial score (nSPS) is 10.7. The summed E-state index contributed by atoms with van der Waals surface area (Å²) in [5.74, 6) is -0.675. The van der Waals surface area contributed by atoms with E-state index in [0.29, 0.717) is 5.56 Å². The summed E-state index contributed by atoms with van der Waals surface area (Å²) >= 11 is 5.58. The summed E-state index contributed by atoms with van der Waals surface area (Å²) in [5.41, 5.74) is 5.74. The van der Waals surface area contributed by atoms with Gasteiger partial charge in [0, 0.05) is 23.0 Å². The number of hydrogen-bond donors (Lipinski definition) is 1. The zero-order valence-electron chi connectivity index (χ0n) is 9.75. The van der Waals surface area contributed by atoms with Gasteiger partial charge in [-0.05, 0) is 6.92 Å². The Kier molecular flexibility index (Phi) is 5.27. The number of nitrogens with two attached hydrogens (primary N) is 1. The molecule has 100 valence electrons. The summed E-state index contributed by atoms with van der Waals surface area (Å²) < 4.78 is 30.0. The number of halogens is 3. The highest BCUT2D eigenvalue weighted by molar-refractivity contribution is 6.17. The third kappa shape index (κ3) is 3.29. The molecular weight excluding hydrogens is 266 g/mol. The molecule has 1 rings (SSSR count). The standard InChI is InChI=1S/C11H13ClF2N2O2/c1-2-18-8(17)3-6-5-16-10(11(13)14)7(4-12)9(6)15/h5,11H,2-4H2,1H3,(H2,15,16). The van der Waals surface area contributed by atoms with Crippen molar-refractivity contribution < 1.29 is 18.3 Å². The lowest BCUT2D eigenvalue weighted by molar-refractivity contribution is -0.142. The van der Waals surface area contributed by atoms with Crippen molar-refractivity contribution in [3.05, 3.63) is 23.0 Å². The first-order chi connectivity index (χ1) is 8.51. The Morgan fingerprint density at radius 3 is 2.78 bits per heavy atom. The molecule has 0 spiro atoms. The van der Waals surface area contributed by atoms with Crippen LogP contribution in [-0.2, 0) is 21.8 Å². The van der Waals surface area contributed by atoms with Gasteiger partial charge in [-0.15, -0.1) is 11.6 Å². The van der Waals surface area contributed by atoms with Gasteiger partial charge >= 0.3 is 5.97 Å². The number of nitrogen functional groups attached to an aromatic ring is 1. The second kappa shape index (κ2) is 6.49. The molecule has 0 aliphatic heterocycles. The molecule has 0 amide bonds. The molecular formula is C11H13ClF2N2O2. The van der Waals surface area contributed by atoms with E-state index in [2.05, 4.69) is 4.98 Å². The molecule has 1 aromatic rings. The molecule has 0 aromatic carbocycles. The number of alkyl halides is 3. The molecule has 0 saturated carbocycles. The van der Waals surface area contributed by atoms with Crippen LogP contribution >= 0.6 is 11.6 Å². The number of pyridine rings is 1. The van der Waals surface area contributed by atoms with Gasteiger partial charge in [-0.1, -0.05) is 0 Å². The topological polar surface area (TPSA) is 65.2 Å². The largest absolute Gasteiger partial charge is 0.466 e. The van der Waals surface area contributed by atoms with Crippen molar-refractivity contribution in [1.29, 1.82) is 0 Å². The molecule has 0 fully saturated rings. The fourth-order valence-corrected chi connectivity index (χ4v) is 1.74. The average Bonchev–Trinajstić information content (AvgIpc) is 2.31. The van der Waals surface area contributed by atoms with Crippen molar-refractivity contribution in [2.75, 3.05) is 12.3 Å². The van der Waals surface area contributed by atoms with Gasteiger partial charge in [-0.2, -0.15) is 0 Å². The Hall–Kier alpha value is -1.43. The van der Waals surface area contributed by atoms with Crippen LogP contribution in [0.5, 0.6) is 0 Å². The number of ether oxygens (including phenoxy) is 1. The Morgan fingerprint density at radius 2 is 2.28 bits per heavy atom. The van der Waals surface area contributed by atoms with Crippen LogP contribution in [0.4, 0.5) is 14.5 Å². The van der Waals surface area contributed by atoms with E-state index in [4.69, 9.17) is 22.1 Å². The van der Waals surface area contributed by atoms with Crippen LogP contribution in [0.25, 0.3) is 0 Å². The number of aromatic nitrogens is 1. The lowest BCUT2D eigenvalue weighted by Crippen LogP contribution is -2.12. The van der Waals surface area contributed by atoms with Crippen LogP contribution in [0.1, 0.15) is 30.2 Å². The van der Waals surface area contributed by atoms with Crippen LogP contribution < -0.4 is 5.73 Å². The zero-order chi connectivity index (χ0) is 13.7. The van der Waals surface area contributed by atoms with E-state index in [9.17, 15) is 13.6 Å². The predicted molar refractivity (Wildman–Crippen MR) is 63.5 cm³/mol. The van der Waals surface area contributed by atoms with Gasteiger partial charge in [0.05, 0.1) is 18.9 Å². The fourth-order valence-electron chi connectivity index (χ4n) is 1.46. The summed E-state index contributed by atoms with van der Waals surface area (Å²) in [6.45, 7) is 1.91. The van der Waals surface area contributed by atoms with Crippen LogP contribution in [0.2, 0.25) is 0 Å². The molecule has 0 radical (unpaired) electrons. The molecule has 18 heavy (non-hydrogen) atoms. The van der Waals surface area contributed by atoms with E-state index in [-0.39, 0.29) is 30.2 Å². The van der Waals surface area contributed by atoms with Crippen LogP contribution in [0.15, 0.2) is 6.20 Å². The van der Waals surface area contributed by atoms with Crippen molar-refractivity contribution in [3.63, 3.8) is 0 Å². The Morgan fingerprint density at radius 1 is 1.61 bits per heavy atom. The second-order valence-corrected chi connectivity index (χ2v) is 3.74. The van der Waals surface area contributed by atoms with E-state index >= 15 is 0 Å². The first-order valence-corrected chi connectivity index (χ1v) is 5.80. The van der Waals surface area contributed by atoms with Gasteiger partial charge in [0.15, 0.2) is 0 Å². The van der Waals surface area contributed by atoms with Gasteiger partial charge in [-0.25, -0.2) is 8.78 Å². The number of rotatable bonds is 5. The molecule has 7 heteroatoms. The first kappa shape index (κ1) is 14.6. The maximum atomic E-state index is 12.6. The van der Waals surface area contributed by atoms with Gasteiger partial charge < -0.3 is 10.5 Å². The molecule has 0 bridgehead atoms. The third-order valence-electron chi connectivity index (χ3n) is 2.32. The number of carbonyl (C=O) groups excluding carboxylic acids is 1. The van der Waals surface area contributed by atoms with Crippen molar-refractivity contribution in [1.82, 2.24) is 4.98 Å². The molecule has 0 aliphatic carbocycles. The average molecular weight is 279 g/mol. The number of anilines is 1. The molecule has 1 heterocycles. The minimum Gasteiger partial charge on any atom is -0.466 e. The summed E-state index contributed by atoms with van der Waals surface area (Å²) in [6, 6.07) is 0. The quantitative estimate of drug-likeness (QED) is 0.664. The molecule has 1 aromatic heterocycles. The third-order valence-corrected chi connectivity index (χ3v) is 2.59. The van der Waals surface area contributed by atoms with Crippen LogP contribution in [-0.4, -0.2) is 17.6 Å². The number of nitrogens with zero attached hydrogens (tertiary/aromatic N) is 1. The molecule has 0 unspecified atom stereocenters. The number of hydrogen-bond acceptors (Lipinski definition) is 4. The molecule has 4 nitrogen and oxygen atoms in total. The summed E-state index contributed by atoms with van der Waals surface area (Å²) in [7, 11) is 0. The maximum Gasteiger partial charge on any atom is 0.310 e. The van der Waals surface area contributed by atoms with Gasteiger partial charge in [0.25, 0.3) is 6.43 Å². The van der Waals surface area contributed by atoms with Crippen LogP contribution in [0, 0.1) is 0 Å². The minimum atomic E-state index is -2.75. The number of carbonyl (C=O) groups is 1. The van der Waals surface area contributed by atoms with Gasteiger partial charge in [0.2, 0.25) is 0 Å². The van der Waals surface area contributed by atoms with Crippen molar-refractivity contribution >= 4 is 23.3 Å². The lowest BCUT2D eigenvalue weighted by Gasteiger charge is -2.12. The van der Waals surface area contributed by atoms with Crippen molar-refractivity contribution in [2.45, 2.75) is 25.7 Å². The second-order valence-electron chi connectivity index (χ2n) is 3.48. The summed E-state index contributed by atoms with van der Waals surface area (Å²) in [6.07, 6.45) is -1.71. The molecule has 0 aliphatic rings. The maximum absolute atomic E-state index is 12.6. The monoisotopic (exact) mass is 278 g/mol. The number of esters is 1. The lowest BCUT2D eigenvalue weighted by atomic mass is 10.1. The Bertz CT molecular complexity index is 441. The highest BCUT2D eigenvalue weighted by Gasteiger charge is 2.20. The first-order valence-electron chi connectivity index (χ1n) is 5.27. The smallest absolute Gasteiger partial charge is 0.310 e. The van der Waals surface area contributed by atoms with E-state index in [1.54, 1.807) is 6.92 Å². The predicted octanol–water partition coefficient (Wildman–Crippen LogP) is 2.45.